The van der Waals surface area contributed by atoms with Crippen LogP contribution in [0.3, 0.4) is 0 Å². The lowest BCUT2D eigenvalue weighted by Gasteiger charge is -2.52. The number of hydrogen-bond donors (Lipinski definition) is 0. The molecule has 6 heteroatoms. The van der Waals surface area contributed by atoms with E-state index >= 15 is 0 Å². The standard InChI is InChI=1S/C32H40N2O4/c1-31(2,3)38-30(36)34-20-19-33(23-32(34)17-8-5-9-18-32)29(35)27-14-10-13-25-15-16-26(21-28(25)27)37-22-24-11-6-4-7-12-24/h4,6-7,11-12,14-16,21H,5,8-10,13,17-20,22-23H2,1-3H3. The van der Waals surface area contributed by atoms with Crippen molar-refractivity contribution in [1.82, 2.24) is 9.80 Å². The van der Waals surface area contributed by atoms with Gasteiger partial charge in [-0.2, -0.15) is 0 Å². The van der Waals surface area contributed by atoms with Crippen LogP contribution in [0.5, 0.6) is 5.75 Å². The molecule has 1 saturated heterocycles. The Bertz CT molecular complexity index is 1190. The zero-order valence-electron chi connectivity index (χ0n) is 23.0. The lowest BCUT2D eigenvalue weighted by molar-refractivity contribution is -0.131. The summed E-state index contributed by atoms with van der Waals surface area (Å²) in [6, 6.07) is 16.2. The summed E-state index contributed by atoms with van der Waals surface area (Å²) < 4.78 is 11.9. The lowest BCUT2D eigenvalue weighted by Crippen LogP contribution is -2.66. The molecule has 1 saturated carbocycles. The SMILES string of the molecule is CC(C)(C)OC(=O)N1CCN(C(=O)C2=CCCc3ccc(OCc4ccccc4)cc32)CC12CCCCC2. The van der Waals surface area contributed by atoms with Gasteiger partial charge in [-0.1, -0.05) is 61.7 Å². The molecule has 3 aliphatic rings. The van der Waals surface area contributed by atoms with Crippen LogP contribution in [0.15, 0.2) is 54.6 Å². The molecule has 0 radical (unpaired) electrons. The number of piperazine rings is 1. The molecule has 38 heavy (non-hydrogen) atoms. The Labute approximate surface area is 226 Å². The molecule has 202 valence electrons. The number of amides is 2. The lowest BCUT2D eigenvalue weighted by atomic mass is 9.78. The van der Waals surface area contributed by atoms with Gasteiger partial charge in [0.2, 0.25) is 0 Å². The summed E-state index contributed by atoms with van der Waals surface area (Å²) in [5, 5.41) is 0. The van der Waals surface area contributed by atoms with Crippen LogP contribution >= 0.6 is 0 Å². The number of fused-ring (bicyclic) bond motifs is 1. The zero-order valence-corrected chi connectivity index (χ0v) is 23.0. The number of rotatable bonds is 4. The summed E-state index contributed by atoms with van der Waals surface area (Å²) >= 11 is 0. The number of hydrogen-bond acceptors (Lipinski definition) is 4. The predicted molar refractivity (Wildman–Crippen MR) is 149 cm³/mol. The largest absolute Gasteiger partial charge is 0.489 e. The molecule has 2 aromatic rings. The van der Waals surface area contributed by atoms with Gasteiger partial charge in [-0.25, -0.2) is 4.79 Å². The summed E-state index contributed by atoms with van der Waals surface area (Å²) in [6.07, 6.45) is 8.70. The van der Waals surface area contributed by atoms with Crippen LogP contribution in [0.4, 0.5) is 4.79 Å². The van der Waals surface area contributed by atoms with Crippen molar-refractivity contribution in [2.24, 2.45) is 0 Å². The van der Waals surface area contributed by atoms with Gasteiger partial charge in [0.15, 0.2) is 0 Å². The Morgan fingerprint density at radius 2 is 1.74 bits per heavy atom. The summed E-state index contributed by atoms with van der Waals surface area (Å²) in [5.41, 5.74) is 3.12. The Balaban J connectivity index is 1.34. The first-order chi connectivity index (χ1) is 18.2. The van der Waals surface area contributed by atoms with Crippen LogP contribution in [-0.2, 0) is 22.6 Å². The molecule has 1 heterocycles. The van der Waals surface area contributed by atoms with Crippen molar-refractivity contribution < 1.29 is 19.1 Å². The molecular weight excluding hydrogens is 476 g/mol. The van der Waals surface area contributed by atoms with Crippen LogP contribution in [0, 0.1) is 0 Å². The third kappa shape index (κ3) is 5.74. The minimum Gasteiger partial charge on any atom is -0.489 e. The smallest absolute Gasteiger partial charge is 0.410 e. The molecule has 0 N–H and O–H groups in total. The van der Waals surface area contributed by atoms with E-state index in [1.54, 1.807) is 0 Å². The van der Waals surface area contributed by atoms with Crippen molar-refractivity contribution in [2.45, 2.75) is 83.5 Å². The fourth-order valence-electron chi connectivity index (χ4n) is 6.10. The minimum atomic E-state index is -0.545. The molecule has 0 atom stereocenters. The third-order valence-electron chi connectivity index (χ3n) is 7.95. The average molecular weight is 517 g/mol. The van der Waals surface area contributed by atoms with Crippen molar-refractivity contribution >= 4 is 17.6 Å². The van der Waals surface area contributed by atoms with Gasteiger partial charge in [0.05, 0.1) is 5.54 Å². The topological polar surface area (TPSA) is 59.1 Å². The molecule has 0 bridgehead atoms. The number of carbonyl (C=O) groups is 2. The highest BCUT2D eigenvalue weighted by atomic mass is 16.6. The van der Waals surface area contributed by atoms with E-state index in [1.807, 2.05) is 73.0 Å². The summed E-state index contributed by atoms with van der Waals surface area (Å²) in [4.78, 5) is 31.1. The molecule has 1 spiro atoms. The van der Waals surface area contributed by atoms with Crippen molar-refractivity contribution in [2.75, 3.05) is 19.6 Å². The maximum atomic E-state index is 14.0. The Morgan fingerprint density at radius 3 is 2.47 bits per heavy atom. The van der Waals surface area contributed by atoms with Crippen LogP contribution in [0.2, 0.25) is 0 Å². The summed E-state index contributed by atoms with van der Waals surface area (Å²) in [7, 11) is 0. The second-order valence-corrected chi connectivity index (χ2v) is 11.9. The highest BCUT2D eigenvalue weighted by Gasteiger charge is 2.47. The van der Waals surface area contributed by atoms with E-state index in [0.717, 1.165) is 61.0 Å². The molecule has 2 aliphatic carbocycles. The highest BCUT2D eigenvalue weighted by molar-refractivity contribution is 6.20. The van der Waals surface area contributed by atoms with Gasteiger partial charge < -0.3 is 14.4 Å². The van der Waals surface area contributed by atoms with Crippen molar-refractivity contribution in [3.8, 4) is 5.75 Å². The van der Waals surface area contributed by atoms with Gasteiger partial charge in [0.1, 0.15) is 18.0 Å². The quantitative estimate of drug-likeness (QED) is 0.473. The molecule has 2 fully saturated rings. The maximum Gasteiger partial charge on any atom is 0.410 e. The van der Waals surface area contributed by atoms with Crippen molar-refractivity contribution in [3.63, 3.8) is 0 Å². The maximum absolute atomic E-state index is 14.0. The van der Waals surface area contributed by atoms with Crippen LogP contribution in [-0.4, -0.2) is 52.6 Å². The predicted octanol–water partition coefficient (Wildman–Crippen LogP) is 6.38. The first kappa shape index (κ1) is 26.3. The van der Waals surface area contributed by atoms with E-state index < -0.39 is 5.60 Å². The molecule has 2 aromatic carbocycles. The van der Waals surface area contributed by atoms with Gasteiger partial charge in [0.25, 0.3) is 5.91 Å². The molecule has 0 aromatic heterocycles. The first-order valence-electron chi connectivity index (χ1n) is 14.0. The second-order valence-electron chi connectivity index (χ2n) is 11.9. The van der Waals surface area contributed by atoms with Crippen molar-refractivity contribution in [3.05, 3.63) is 71.3 Å². The van der Waals surface area contributed by atoms with Gasteiger partial charge >= 0.3 is 6.09 Å². The summed E-state index contributed by atoms with van der Waals surface area (Å²) in [6.45, 7) is 7.77. The van der Waals surface area contributed by atoms with E-state index in [2.05, 4.69) is 12.1 Å². The van der Waals surface area contributed by atoms with Gasteiger partial charge in [-0.3, -0.25) is 9.69 Å². The third-order valence-corrected chi connectivity index (χ3v) is 7.95. The van der Waals surface area contributed by atoms with E-state index in [4.69, 9.17) is 9.47 Å². The van der Waals surface area contributed by atoms with Crippen LogP contribution in [0.1, 0.15) is 76.0 Å². The number of benzene rings is 2. The molecule has 5 rings (SSSR count). The number of ether oxygens (including phenoxy) is 2. The Morgan fingerprint density at radius 1 is 0.974 bits per heavy atom. The number of allylic oxidation sites excluding steroid dienone is 1. The van der Waals surface area contributed by atoms with E-state index in [1.165, 1.54) is 12.0 Å². The monoisotopic (exact) mass is 516 g/mol. The van der Waals surface area contributed by atoms with Crippen LogP contribution < -0.4 is 4.74 Å². The van der Waals surface area contributed by atoms with Crippen LogP contribution in [0.25, 0.3) is 5.57 Å². The highest BCUT2D eigenvalue weighted by Crippen LogP contribution is 2.39. The molecule has 1 aliphatic heterocycles. The minimum absolute atomic E-state index is 0.0555. The van der Waals surface area contributed by atoms with Crippen molar-refractivity contribution in [1.29, 1.82) is 0 Å². The molecular formula is C32H40N2O4. The number of nitrogens with zero attached hydrogens (tertiary/aromatic N) is 2. The normalized spacial score (nSPS) is 19.0. The molecule has 0 unspecified atom stereocenters. The molecule has 6 nitrogen and oxygen atoms in total. The molecule has 2 amide bonds. The Kier molecular flexibility index (Phi) is 7.51. The summed E-state index contributed by atoms with van der Waals surface area (Å²) in [5.74, 6) is 0.826. The average Bonchev–Trinajstić information content (AvgIpc) is 2.91. The second kappa shape index (κ2) is 10.8. The Hall–Kier alpha value is -3.28. The van der Waals surface area contributed by atoms with Gasteiger partial charge in [-0.05, 0) is 75.3 Å². The fraction of sp³-hybridized carbons (Fsp3) is 0.500. The number of carbonyl (C=O) groups excluding carboxylic acids is 2. The zero-order chi connectivity index (χ0) is 26.8. The first-order valence-corrected chi connectivity index (χ1v) is 14.0. The van der Waals surface area contributed by atoms with E-state index in [0.29, 0.717) is 26.2 Å². The van der Waals surface area contributed by atoms with Gasteiger partial charge in [-0.15, -0.1) is 0 Å². The van der Waals surface area contributed by atoms with E-state index in [9.17, 15) is 9.59 Å². The van der Waals surface area contributed by atoms with E-state index in [-0.39, 0.29) is 17.5 Å². The fourth-order valence-corrected chi connectivity index (χ4v) is 6.10. The number of aryl methyl sites for hydroxylation is 1. The van der Waals surface area contributed by atoms with Gasteiger partial charge in [0, 0.05) is 25.2 Å².